The van der Waals surface area contributed by atoms with Gasteiger partial charge in [0.05, 0.1) is 5.39 Å². The van der Waals surface area contributed by atoms with Crippen molar-refractivity contribution in [1.29, 1.82) is 0 Å². The van der Waals surface area contributed by atoms with E-state index in [1.54, 1.807) is 29.0 Å². The minimum atomic E-state index is -0.0214. The molecule has 0 saturated heterocycles. The molecule has 124 valence electrons. The summed E-state index contributed by atoms with van der Waals surface area (Å²) in [6, 6.07) is 1.72. The molecule has 0 bridgehead atoms. The second-order valence-corrected chi connectivity index (χ2v) is 8.56. The van der Waals surface area contributed by atoms with Gasteiger partial charge in [-0.05, 0) is 44.0 Å². The first-order valence-electron chi connectivity index (χ1n) is 7.63. The van der Waals surface area contributed by atoms with Gasteiger partial charge in [0.2, 0.25) is 0 Å². The third-order valence-electron chi connectivity index (χ3n) is 4.20. The fraction of sp³-hybridized carbons (Fsp3) is 0.375. The molecule has 0 amide bonds. The maximum atomic E-state index is 12.7. The van der Waals surface area contributed by atoms with E-state index < -0.39 is 0 Å². The molecule has 0 N–H and O–H groups in total. The molecule has 1 aliphatic carbocycles. The monoisotopic (exact) mass is 378 g/mol. The maximum Gasteiger partial charge on any atom is 0.262 e. The van der Waals surface area contributed by atoms with E-state index in [1.807, 2.05) is 13.8 Å². The number of fused-ring (bicyclic) bond motifs is 1. The van der Waals surface area contributed by atoms with Gasteiger partial charge in [0.25, 0.3) is 5.56 Å². The summed E-state index contributed by atoms with van der Waals surface area (Å²) in [5, 5.41) is 2.49. The summed E-state index contributed by atoms with van der Waals surface area (Å²) in [4.78, 5) is 28.1. The lowest BCUT2D eigenvalue weighted by Crippen LogP contribution is -2.19. The molecule has 3 aromatic heterocycles. The molecular formula is C16H15ClN4OS2. The highest BCUT2D eigenvalue weighted by Gasteiger charge is 2.27. The number of hydrogen-bond donors (Lipinski definition) is 0. The van der Waals surface area contributed by atoms with Crippen molar-refractivity contribution in [2.75, 3.05) is 0 Å². The fourth-order valence-corrected chi connectivity index (χ4v) is 4.72. The van der Waals surface area contributed by atoms with Crippen molar-refractivity contribution in [3.05, 3.63) is 37.8 Å². The molecule has 5 nitrogen and oxygen atoms in total. The molecule has 0 aromatic carbocycles. The topological polar surface area (TPSA) is 60.7 Å². The van der Waals surface area contributed by atoms with E-state index in [4.69, 9.17) is 11.6 Å². The Labute approximate surface area is 152 Å². The first kappa shape index (κ1) is 16.1. The summed E-state index contributed by atoms with van der Waals surface area (Å²) in [6.45, 7) is 3.98. The Hall–Kier alpha value is -1.44. The molecule has 4 rings (SSSR count). The molecule has 0 radical (unpaired) electrons. The van der Waals surface area contributed by atoms with Gasteiger partial charge in [-0.1, -0.05) is 11.6 Å². The van der Waals surface area contributed by atoms with E-state index in [2.05, 4.69) is 15.0 Å². The zero-order chi connectivity index (χ0) is 17.0. The number of thiophene rings is 1. The third-order valence-corrected chi connectivity index (χ3v) is 6.46. The number of rotatable bonds is 3. The lowest BCUT2D eigenvalue weighted by Gasteiger charge is -2.08. The normalized spacial score (nSPS) is 14.5. The molecule has 1 aliphatic rings. The summed E-state index contributed by atoms with van der Waals surface area (Å²) in [7, 11) is 1.74. The van der Waals surface area contributed by atoms with Gasteiger partial charge in [-0.15, -0.1) is 11.3 Å². The van der Waals surface area contributed by atoms with Crippen LogP contribution in [0.25, 0.3) is 10.2 Å². The minimum Gasteiger partial charge on any atom is -0.290 e. The SMILES string of the molecule is Cc1sc2nc(Sc3cc(Cl)nc(C4CC4)n3)n(C)c(=O)c2c1C. The number of hydrogen-bond acceptors (Lipinski definition) is 6. The Balaban J connectivity index is 1.80. The predicted molar refractivity (Wildman–Crippen MR) is 97.5 cm³/mol. The third kappa shape index (κ3) is 2.74. The van der Waals surface area contributed by atoms with Gasteiger partial charge >= 0.3 is 0 Å². The van der Waals surface area contributed by atoms with Crippen LogP contribution in [0.15, 0.2) is 21.0 Å². The second kappa shape index (κ2) is 5.82. The lowest BCUT2D eigenvalue weighted by molar-refractivity contribution is 0.725. The van der Waals surface area contributed by atoms with Crippen molar-refractivity contribution in [2.45, 2.75) is 42.8 Å². The molecule has 8 heteroatoms. The van der Waals surface area contributed by atoms with E-state index in [0.29, 0.717) is 21.6 Å². The fourth-order valence-electron chi connectivity index (χ4n) is 2.53. The van der Waals surface area contributed by atoms with Gasteiger partial charge < -0.3 is 0 Å². The Morgan fingerprint density at radius 3 is 2.75 bits per heavy atom. The number of halogens is 1. The number of aromatic nitrogens is 4. The van der Waals surface area contributed by atoms with E-state index >= 15 is 0 Å². The van der Waals surface area contributed by atoms with Gasteiger partial charge in [0.1, 0.15) is 20.8 Å². The standard InChI is InChI=1S/C16H15ClN4OS2/c1-7-8(2)23-14-12(7)15(22)21(3)16(20-14)24-11-6-10(17)18-13(19-11)9-4-5-9/h6,9H,4-5H2,1-3H3. The van der Waals surface area contributed by atoms with Crippen LogP contribution in [0.3, 0.4) is 0 Å². The van der Waals surface area contributed by atoms with Crippen molar-refractivity contribution < 1.29 is 0 Å². The van der Waals surface area contributed by atoms with Gasteiger partial charge in [-0.25, -0.2) is 15.0 Å². The second-order valence-electron chi connectivity index (χ2n) is 5.99. The first-order chi connectivity index (χ1) is 11.4. The molecule has 3 heterocycles. The van der Waals surface area contributed by atoms with Crippen LogP contribution in [0, 0.1) is 13.8 Å². The van der Waals surface area contributed by atoms with Crippen LogP contribution in [0.5, 0.6) is 0 Å². The van der Waals surface area contributed by atoms with Gasteiger partial charge in [0, 0.05) is 23.9 Å². The number of aryl methyl sites for hydroxylation is 2. The molecule has 3 aromatic rings. The van der Waals surface area contributed by atoms with Crippen LogP contribution in [-0.2, 0) is 7.05 Å². The van der Waals surface area contributed by atoms with Gasteiger partial charge in [0.15, 0.2) is 5.16 Å². The molecule has 0 atom stereocenters. The van der Waals surface area contributed by atoms with Crippen molar-refractivity contribution in [3.63, 3.8) is 0 Å². The first-order valence-corrected chi connectivity index (χ1v) is 9.64. The quantitative estimate of drug-likeness (QED) is 0.507. The molecule has 0 spiro atoms. The number of nitrogens with zero attached hydrogens (tertiary/aromatic N) is 4. The molecule has 0 aliphatic heterocycles. The Morgan fingerprint density at radius 2 is 2.04 bits per heavy atom. The molecular weight excluding hydrogens is 364 g/mol. The minimum absolute atomic E-state index is 0.0214. The lowest BCUT2D eigenvalue weighted by atomic mass is 10.2. The van der Waals surface area contributed by atoms with Crippen LogP contribution < -0.4 is 5.56 Å². The highest BCUT2D eigenvalue weighted by molar-refractivity contribution is 7.99. The molecule has 0 unspecified atom stereocenters. The van der Waals surface area contributed by atoms with Crippen molar-refractivity contribution in [3.8, 4) is 0 Å². The largest absolute Gasteiger partial charge is 0.290 e. The van der Waals surface area contributed by atoms with E-state index in [1.165, 1.54) is 11.8 Å². The predicted octanol–water partition coefficient (Wildman–Crippen LogP) is 4.08. The molecule has 1 saturated carbocycles. The van der Waals surface area contributed by atoms with Crippen molar-refractivity contribution in [1.82, 2.24) is 19.5 Å². The smallest absolute Gasteiger partial charge is 0.262 e. The Morgan fingerprint density at radius 1 is 1.29 bits per heavy atom. The Kier molecular flexibility index (Phi) is 3.89. The van der Waals surface area contributed by atoms with E-state index in [-0.39, 0.29) is 5.56 Å². The van der Waals surface area contributed by atoms with Crippen LogP contribution >= 0.6 is 34.7 Å². The van der Waals surface area contributed by atoms with Gasteiger partial charge in [-0.3, -0.25) is 9.36 Å². The highest BCUT2D eigenvalue weighted by Crippen LogP contribution is 2.39. The maximum absolute atomic E-state index is 12.7. The van der Waals surface area contributed by atoms with Crippen molar-refractivity contribution in [2.24, 2.45) is 7.05 Å². The van der Waals surface area contributed by atoms with Crippen LogP contribution in [0.1, 0.15) is 35.0 Å². The highest BCUT2D eigenvalue weighted by atomic mass is 35.5. The Bertz CT molecular complexity index is 1020. The summed E-state index contributed by atoms with van der Waals surface area (Å²) in [5.74, 6) is 1.21. The zero-order valence-corrected chi connectivity index (χ0v) is 15.8. The molecule has 24 heavy (non-hydrogen) atoms. The summed E-state index contributed by atoms with van der Waals surface area (Å²) in [5.41, 5.74) is 0.993. The summed E-state index contributed by atoms with van der Waals surface area (Å²) >= 11 is 9.03. The zero-order valence-electron chi connectivity index (χ0n) is 13.5. The van der Waals surface area contributed by atoms with Crippen molar-refractivity contribution >= 4 is 44.9 Å². The van der Waals surface area contributed by atoms with Crippen LogP contribution in [0.4, 0.5) is 0 Å². The summed E-state index contributed by atoms with van der Waals surface area (Å²) in [6.07, 6.45) is 2.22. The van der Waals surface area contributed by atoms with Crippen LogP contribution in [0.2, 0.25) is 5.15 Å². The summed E-state index contributed by atoms with van der Waals surface area (Å²) < 4.78 is 1.58. The average Bonchev–Trinajstić information content (AvgIpc) is 3.32. The van der Waals surface area contributed by atoms with Crippen LogP contribution in [-0.4, -0.2) is 19.5 Å². The average molecular weight is 379 g/mol. The van der Waals surface area contributed by atoms with E-state index in [0.717, 1.165) is 39.0 Å². The molecule has 1 fully saturated rings. The van der Waals surface area contributed by atoms with Gasteiger partial charge in [-0.2, -0.15) is 0 Å². The van der Waals surface area contributed by atoms with E-state index in [9.17, 15) is 4.79 Å².